The number of nitrogens with zero attached hydrogens (tertiary/aromatic N) is 1. The van der Waals surface area contributed by atoms with E-state index < -0.39 is 0 Å². The molecule has 2 N–H and O–H groups in total. The Labute approximate surface area is 170 Å². The van der Waals surface area contributed by atoms with Crippen molar-refractivity contribution in [2.24, 2.45) is 0 Å². The van der Waals surface area contributed by atoms with E-state index in [1.165, 1.54) is 4.90 Å². The Balaban J connectivity index is 2.02. The van der Waals surface area contributed by atoms with Gasteiger partial charge in [-0.3, -0.25) is 14.9 Å². The summed E-state index contributed by atoms with van der Waals surface area (Å²) in [4.78, 5) is 26.0. The Morgan fingerprint density at radius 1 is 1.11 bits per heavy atom. The molecule has 1 atom stereocenters. The number of thiocarbonyl (C=S) groups is 1. The van der Waals surface area contributed by atoms with Crippen LogP contribution in [0.15, 0.2) is 48.5 Å². The van der Waals surface area contributed by atoms with Crippen LogP contribution in [0.1, 0.15) is 41.0 Å². The smallest absolute Gasteiger partial charge is 0.257 e. The minimum Gasteiger partial charge on any atom is -0.491 e. The van der Waals surface area contributed by atoms with Crippen LogP contribution in [0.5, 0.6) is 5.75 Å². The molecule has 148 valence electrons. The number of rotatable bonds is 6. The van der Waals surface area contributed by atoms with Crippen molar-refractivity contribution in [1.29, 1.82) is 0 Å². The van der Waals surface area contributed by atoms with Gasteiger partial charge in [-0.05, 0) is 62.0 Å². The van der Waals surface area contributed by atoms with Crippen LogP contribution in [0.2, 0.25) is 0 Å². The van der Waals surface area contributed by atoms with Crippen LogP contribution in [0.4, 0.5) is 5.69 Å². The van der Waals surface area contributed by atoms with E-state index in [0.717, 1.165) is 6.42 Å². The van der Waals surface area contributed by atoms with Crippen molar-refractivity contribution in [3.05, 3.63) is 59.7 Å². The molecule has 0 aromatic heterocycles. The van der Waals surface area contributed by atoms with Gasteiger partial charge in [0.05, 0.1) is 6.10 Å². The molecule has 0 aliphatic rings. The largest absolute Gasteiger partial charge is 0.491 e. The molecule has 0 radical (unpaired) electrons. The molecule has 28 heavy (non-hydrogen) atoms. The van der Waals surface area contributed by atoms with Gasteiger partial charge in [0.15, 0.2) is 5.11 Å². The second-order valence-corrected chi connectivity index (χ2v) is 6.96. The monoisotopic (exact) mass is 399 g/mol. The third-order valence-electron chi connectivity index (χ3n) is 4.01. The Morgan fingerprint density at radius 3 is 2.46 bits per heavy atom. The molecule has 0 bridgehead atoms. The maximum atomic E-state index is 12.5. The standard InChI is InChI=1S/C21H25N3O3S/c1-5-14(2)27-18-11-7-8-15(13-18)19(25)23-21(28)22-17-10-6-9-16(12-17)20(26)24(3)4/h6-14H,5H2,1-4H3,(H2,22,23,25,28). The number of hydrogen-bond acceptors (Lipinski definition) is 4. The number of carbonyl (C=O) groups is 2. The summed E-state index contributed by atoms with van der Waals surface area (Å²) in [6.07, 6.45) is 0.943. The molecule has 6 nitrogen and oxygen atoms in total. The highest BCUT2D eigenvalue weighted by Crippen LogP contribution is 2.16. The molecule has 7 heteroatoms. The van der Waals surface area contributed by atoms with Crippen molar-refractivity contribution in [3.63, 3.8) is 0 Å². The Hall–Kier alpha value is -2.93. The normalized spacial score (nSPS) is 11.3. The molecule has 0 heterocycles. The molecule has 2 amide bonds. The summed E-state index contributed by atoms with van der Waals surface area (Å²) in [5, 5.41) is 5.72. The van der Waals surface area contributed by atoms with Gasteiger partial charge in [-0.15, -0.1) is 0 Å². The molecule has 2 rings (SSSR count). The van der Waals surface area contributed by atoms with Gasteiger partial charge in [-0.2, -0.15) is 0 Å². The summed E-state index contributed by atoms with van der Waals surface area (Å²) in [5.74, 6) is 0.181. The third kappa shape index (κ3) is 6.06. The fourth-order valence-corrected chi connectivity index (χ4v) is 2.56. The van der Waals surface area contributed by atoms with E-state index in [1.54, 1.807) is 56.6 Å². The molecule has 0 aliphatic carbocycles. The number of hydrogen-bond donors (Lipinski definition) is 2. The van der Waals surface area contributed by atoms with Crippen LogP contribution >= 0.6 is 12.2 Å². The Kier molecular flexibility index (Phi) is 7.52. The van der Waals surface area contributed by atoms with E-state index in [-0.39, 0.29) is 23.0 Å². The predicted molar refractivity (Wildman–Crippen MR) is 115 cm³/mol. The van der Waals surface area contributed by atoms with E-state index in [1.807, 2.05) is 19.9 Å². The number of anilines is 1. The summed E-state index contributed by atoms with van der Waals surface area (Å²) in [6, 6.07) is 13.9. The first kappa shape index (κ1) is 21.4. The third-order valence-corrected chi connectivity index (χ3v) is 4.21. The van der Waals surface area contributed by atoms with Crippen LogP contribution in [0.25, 0.3) is 0 Å². The maximum absolute atomic E-state index is 12.5. The van der Waals surface area contributed by atoms with Crippen molar-refractivity contribution in [2.45, 2.75) is 26.4 Å². The molecule has 2 aromatic carbocycles. The van der Waals surface area contributed by atoms with Gasteiger partial charge in [-0.25, -0.2) is 0 Å². The van der Waals surface area contributed by atoms with Crippen molar-refractivity contribution in [2.75, 3.05) is 19.4 Å². The fourth-order valence-electron chi connectivity index (χ4n) is 2.35. The second kappa shape index (κ2) is 9.85. The van der Waals surface area contributed by atoms with E-state index >= 15 is 0 Å². The van der Waals surface area contributed by atoms with Crippen LogP contribution in [-0.2, 0) is 0 Å². The van der Waals surface area contributed by atoms with Crippen LogP contribution in [0.3, 0.4) is 0 Å². The molecule has 0 aliphatic heterocycles. The zero-order valence-corrected chi connectivity index (χ0v) is 17.3. The highest BCUT2D eigenvalue weighted by molar-refractivity contribution is 7.80. The quantitative estimate of drug-likeness (QED) is 0.725. The van der Waals surface area contributed by atoms with Gasteiger partial charge < -0.3 is 15.0 Å². The molecule has 0 saturated heterocycles. The molecular formula is C21H25N3O3S. The zero-order valence-electron chi connectivity index (χ0n) is 16.5. The molecule has 2 aromatic rings. The molecule has 0 spiro atoms. The predicted octanol–water partition coefficient (Wildman–Crippen LogP) is 3.69. The first-order valence-corrected chi connectivity index (χ1v) is 9.41. The average Bonchev–Trinajstić information content (AvgIpc) is 2.67. The number of carbonyl (C=O) groups excluding carboxylic acids is 2. The number of ether oxygens (including phenoxy) is 1. The van der Waals surface area contributed by atoms with Crippen molar-refractivity contribution >= 4 is 34.8 Å². The lowest BCUT2D eigenvalue weighted by Gasteiger charge is -2.14. The number of amides is 2. The lowest BCUT2D eigenvalue weighted by atomic mass is 10.2. The maximum Gasteiger partial charge on any atom is 0.257 e. The van der Waals surface area contributed by atoms with Crippen LogP contribution in [-0.4, -0.2) is 42.0 Å². The highest BCUT2D eigenvalue weighted by atomic mass is 32.1. The van der Waals surface area contributed by atoms with E-state index in [0.29, 0.717) is 22.6 Å². The van der Waals surface area contributed by atoms with Crippen molar-refractivity contribution < 1.29 is 14.3 Å². The molecular weight excluding hydrogens is 374 g/mol. The lowest BCUT2D eigenvalue weighted by Crippen LogP contribution is -2.34. The zero-order chi connectivity index (χ0) is 20.7. The average molecular weight is 400 g/mol. The lowest BCUT2D eigenvalue weighted by molar-refractivity contribution is 0.0827. The second-order valence-electron chi connectivity index (χ2n) is 6.55. The van der Waals surface area contributed by atoms with Crippen molar-refractivity contribution in [3.8, 4) is 5.75 Å². The molecule has 0 saturated carbocycles. The summed E-state index contributed by atoms with van der Waals surface area (Å²) < 4.78 is 5.75. The SMILES string of the molecule is CCC(C)Oc1cccc(C(=O)NC(=S)Nc2cccc(C(=O)N(C)C)c2)c1. The Bertz CT molecular complexity index is 867. The Morgan fingerprint density at radius 2 is 1.79 bits per heavy atom. The summed E-state index contributed by atoms with van der Waals surface area (Å²) in [6.45, 7) is 4.01. The van der Waals surface area contributed by atoms with Crippen molar-refractivity contribution in [1.82, 2.24) is 10.2 Å². The summed E-state index contributed by atoms with van der Waals surface area (Å²) >= 11 is 5.22. The molecule has 0 fully saturated rings. The van der Waals surface area contributed by atoms with Crippen LogP contribution in [0, 0.1) is 0 Å². The molecule has 1 unspecified atom stereocenters. The van der Waals surface area contributed by atoms with Gasteiger partial charge in [0.1, 0.15) is 5.75 Å². The van der Waals surface area contributed by atoms with Gasteiger partial charge >= 0.3 is 0 Å². The topological polar surface area (TPSA) is 70.7 Å². The van der Waals surface area contributed by atoms with Crippen LogP contribution < -0.4 is 15.4 Å². The minimum absolute atomic E-state index is 0.0678. The number of benzene rings is 2. The van der Waals surface area contributed by atoms with E-state index in [9.17, 15) is 9.59 Å². The number of nitrogens with one attached hydrogen (secondary N) is 2. The highest BCUT2D eigenvalue weighted by Gasteiger charge is 2.12. The van der Waals surface area contributed by atoms with Gasteiger partial charge in [-0.1, -0.05) is 19.1 Å². The summed E-state index contributed by atoms with van der Waals surface area (Å²) in [5.41, 5.74) is 1.59. The van der Waals surface area contributed by atoms with Gasteiger partial charge in [0, 0.05) is 30.9 Å². The van der Waals surface area contributed by atoms with E-state index in [2.05, 4.69) is 10.6 Å². The van der Waals surface area contributed by atoms with Gasteiger partial charge in [0.25, 0.3) is 11.8 Å². The first-order valence-electron chi connectivity index (χ1n) is 9.01. The fraction of sp³-hybridized carbons (Fsp3) is 0.286. The minimum atomic E-state index is -0.340. The van der Waals surface area contributed by atoms with E-state index in [4.69, 9.17) is 17.0 Å². The van der Waals surface area contributed by atoms with Gasteiger partial charge in [0.2, 0.25) is 0 Å². The summed E-state index contributed by atoms with van der Waals surface area (Å²) in [7, 11) is 3.37. The first-order chi connectivity index (χ1) is 13.3.